The van der Waals surface area contributed by atoms with Gasteiger partial charge in [0.15, 0.2) is 0 Å². The Bertz CT molecular complexity index is 605. The average molecular weight is 344 g/mol. The number of carbonyl (C=O) groups is 1. The van der Waals surface area contributed by atoms with Crippen LogP contribution < -0.4 is 4.74 Å². The van der Waals surface area contributed by atoms with Crippen molar-refractivity contribution in [3.05, 3.63) is 29.3 Å². The Morgan fingerprint density at radius 1 is 1.16 bits per heavy atom. The van der Waals surface area contributed by atoms with Gasteiger partial charge in [0.05, 0.1) is 6.61 Å². The van der Waals surface area contributed by atoms with Crippen molar-refractivity contribution in [2.75, 3.05) is 45.9 Å². The first-order valence-corrected chi connectivity index (χ1v) is 9.67. The highest BCUT2D eigenvalue weighted by atomic mass is 16.5. The third kappa shape index (κ3) is 3.98. The van der Waals surface area contributed by atoms with Crippen molar-refractivity contribution in [2.24, 2.45) is 0 Å². The molecule has 0 bridgehead atoms. The average Bonchev–Trinajstić information content (AvgIpc) is 3.33. The molecule has 1 aromatic rings. The molecule has 3 aliphatic rings. The van der Waals surface area contributed by atoms with Crippen molar-refractivity contribution in [1.29, 1.82) is 0 Å². The summed E-state index contributed by atoms with van der Waals surface area (Å²) in [5.74, 6) is 1.27. The van der Waals surface area contributed by atoms with Crippen LogP contribution in [0.4, 0.5) is 0 Å². The minimum Gasteiger partial charge on any atom is -0.493 e. The fraction of sp³-hybridized carbons (Fsp3) is 0.650. The molecule has 2 fully saturated rings. The molecule has 1 unspecified atom stereocenters. The van der Waals surface area contributed by atoms with Crippen LogP contribution in [0.2, 0.25) is 0 Å². The van der Waals surface area contributed by atoms with Crippen LogP contribution in [0.25, 0.3) is 0 Å². The minimum absolute atomic E-state index is 0.171. The lowest BCUT2D eigenvalue weighted by atomic mass is 10.0. The summed E-state index contributed by atoms with van der Waals surface area (Å²) in [4.78, 5) is 16.8. The second kappa shape index (κ2) is 7.75. The predicted octanol–water partition coefficient (Wildman–Crippen LogP) is 1.88. The SMILES string of the molecule is O=C(C1CCCO1)N1CCN(CCCc2ccc3c(c2)CCO3)CC1. The Labute approximate surface area is 149 Å². The topological polar surface area (TPSA) is 42.0 Å². The third-order valence-corrected chi connectivity index (χ3v) is 5.58. The molecule has 3 aliphatic heterocycles. The highest BCUT2D eigenvalue weighted by molar-refractivity contribution is 5.81. The largest absolute Gasteiger partial charge is 0.493 e. The fourth-order valence-corrected chi connectivity index (χ4v) is 4.07. The molecule has 4 rings (SSSR count). The van der Waals surface area contributed by atoms with Crippen LogP contribution in [0.3, 0.4) is 0 Å². The number of aryl methyl sites for hydroxylation is 1. The normalized spacial score (nSPS) is 23.5. The maximum atomic E-state index is 12.4. The van der Waals surface area contributed by atoms with E-state index in [4.69, 9.17) is 9.47 Å². The van der Waals surface area contributed by atoms with Crippen molar-refractivity contribution in [3.63, 3.8) is 0 Å². The molecule has 5 nitrogen and oxygen atoms in total. The van der Waals surface area contributed by atoms with E-state index in [0.29, 0.717) is 0 Å². The Hall–Kier alpha value is -1.59. The lowest BCUT2D eigenvalue weighted by Crippen LogP contribution is -2.51. The van der Waals surface area contributed by atoms with E-state index in [1.54, 1.807) is 0 Å². The maximum absolute atomic E-state index is 12.4. The zero-order valence-electron chi connectivity index (χ0n) is 14.9. The zero-order valence-corrected chi connectivity index (χ0v) is 14.9. The number of benzene rings is 1. The van der Waals surface area contributed by atoms with Crippen LogP contribution in [-0.4, -0.2) is 67.7 Å². The molecule has 3 heterocycles. The second-order valence-electron chi connectivity index (χ2n) is 7.31. The van der Waals surface area contributed by atoms with Crippen molar-refractivity contribution < 1.29 is 14.3 Å². The van der Waals surface area contributed by atoms with Gasteiger partial charge in [0.1, 0.15) is 11.9 Å². The summed E-state index contributed by atoms with van der Waals surface area (Å²) < 4.78 is 11.1. The summed E-state index contributed by atoms with van der Waals surface area (Å²) in [6.45, 7) is 6.32. The molecule has 1 atom stereocenters. The molecule has 0 saturated carbocycles. The van der Waals surface area contributed by atoms with Gasteiger partial charge < -0.3 is 14.4 Å². The highest BCUT2D eigenvalue weighted by Crippen LogP contribution is 2.26. The smallest absolute Gasteiger partial charge is 0.251 e. The van der Waals surface area contributed by atoms with Gasteiger partial charge in [-0.25, -0.2) is 0 Å². The number of hydrogen-bond acceptors (Lipinski definition) is 4. The molecule has 5 heteroatoms. The molecule has 0 spiro atoms. The molecular formula is C20H28N2O3. The molecule has 136 valence electrons. The van der Waals surface area contributed by atoms with Crippen molar-refractivity contribution in [2.45, 2.75) is 38.2 Å². The molecule has 25 heavy (non-hydrogen) atoms. The minimum atomic E-state index is -0.171. The monoisotopic (exact) mass is 344 g/mol. The van der Waals surface area contributed by atoms with Crippen LogP contribution in [0.5, 0.6) is 5.75 Å². The molecule has 1 aromatic carbocycles. The number of ether oxygens (including phenoxy) is 2. The van der Waals surface area contributed by atoms with E-state index in [-0.39, 0.29) is 12.0 Å². The first kappa shape index (κ1) is 16.9. The lowest BCUT2D eigenvalue weighted by Gasteiger charge is -2.35. The molecule has 2 saturated heterocycles. The number of carbonyl (C=O) groups excluding carboxylic acids is 1. The van der Waals surface area contributed by atoms with Gasteiger partial charge in [0, 0.05) is 39.2 Å². The van der Waals surface area contributed by atoms with E-state index < -0.39 is 0 Å². The van der Waals surface area contributed by atoms with Gasteiger partial charge >= 0.3 is 0 Å². The fourth-order valence-electron chi connectivity index (χ4n) is 4.07. The summed E-state index contributed by atoms with van der Waals surface area (Å²) in [6.07, 6.45) is 5.07. The Balaban J connectivity index is 1.18. The predicted molar refractivity (Wildman–Crippen MR) is 96.0 cm³/mol. The van der Waals surface area contributed by atoms with Gasteiger partial charge in [-0.1, -0.05) is 12.1 Å². The van der Waals surface area contributed by atoms with Crippen molar-refractivity contribution in [1.82, 2.24) is 9.80 Å². The van der Waals surface area contributed by atoms with Crippen LogP contribution in [-0.2, 0) is 22.4 Å². The van der Waals surface area contributed by atoms with E-state index in [1.165, 1.54) is 17.5 Å². The molecule has 0 aromatic heterocycles. The van der Waals surface area contributed by atoms with Crippen LogP contribution in [0.1, 0.15) is 30.4 Å². The van der Waals surface area contributed by atoms with Gasteiger partial charge in [0.2, 0.25) is 0 Å². The summed E-state index contributed by atoms with van der Waals surface area (Å²) >= 11 is 0. The number of hydrogen-bond donors (Lipinski definition) is 0. The van der Waals surface area contributed by atoms with E-state index in [0.717, 1.165) is 77.4 Å². The van der Waals surface area contributed by atoms with Crippen LogP contribution in [0, 0.1) is 0 Å². The van der Waals surface area contributed by atoms with Crippen molar-refractivity contribution in [3.8, 4) is 5.75 Å². The third-order valence-electron chi connectivity index (χ3n) is 5.58. The standard InChI is InChI=1S/C20H28N2O3/c23-20(19-4-2-13-24-19)22-11-9-21(10-12-22)8-1-3-16-5-6-18-17(15-16)7-14-25-18/h5-6,15,19H,1-4,7-14H2. The molecular weight excluding hydrogens is 316 g/mol. The quantitative estimate of drug-likeness (QED) is 0.818. The number of nitrogens with zero attached hydrogens (tertiary/aromatic N) is 2. The molecule has 0 radical (unpaired) electrons. The summed E-state index contributed by atoms with van der Waals surface area (Å²) in [6, 6.07) is 6.62. The van der Waals surface area contributed by atoms with E-state index in [2.05, 4.69) is 23.1 Å². The summed E-state index contributed by atoms with van der Waals surface area (Å²) in [7, 11) is 0. The number of rotatable bonds is 5. The van der Waals surface area contributed by atoms with E-state index in [1.807, 2.05) is 4.90 Å². The zero-order chi connectivity index (χ0) is 17.1. The van der Waals surface area contributed by atoms with Gasteiger partial charge in [-0.2, -0.15) is 0 Å². The number of amides is 1. The second-order valence-corrected chi connectivity index (χ2v) is 7.31. The Kier molecular flexibility index (Phi) is 5.22. The molecule has 0 aliphatic carbocycles. The van der Waals surface area contributed by atoms with Gasteiger partial charge in [-0.15, -0.1) is 0 Å². The Morgan fingerprint density at radius 3 is 2.84 bits per heavy atom. The number of piperazine rings is 1. The van der Waals surface area contributed by atoms with Gasteiger partial charge in [-0.3, -0.25) is 9.69 Å². The van der Waals surface area contributed by atoms with Crippen molar-refractivity contribution >= 4 is 5.91 Å². The van der Waals surface area contributed by atoms with E-state index in [9.17, 15) is 4.79 Å². The first-order valence-electron chi connectivity index (χ1n) is 9.67. The molecule has 0 N–H and O–H groups in total. The molecule has 1 amide bonds. The highest BCUT2D eigenvalue weighted by Gasteiger charge is 2.30. The summed E-state index contributed by atoms with van der Waals surface area (Å²) in [5, 5.41) is 0. The Morgan fingerprint density at radius 2 is 2.04 bits per heavy atom. The van der Waals surface area contributed by atoms with Gasteiger partial charge in [0.25, 0.3) is 5.91 Å². The summed E-state index contributed by atoms with van der Waals surface area (Å²) in [5.41, 5.74) is 2.77. The van der Waals surface area contributed by atoms with Gasteiger partial charge in [-0.05, 0) is 49.4 Å². The van der Waals surface area contributed by atoms with E-state index >= 15 is 0 Å². The lowest BCUT2D eigenvalue weighted by molar-refractivity contribution is -0.142. The maximum Gasteiger partial charge on any atom is 0.251 e. The van der Waals surface area contributed by atoms with Crippen LogP contribution in [0.15, 0.2) is 18.2 Å². The first-order chi connectivity index (χ1) is 12.3. The number of fused-ring (bicyclic) bond motifs is 1. The van der Waals surface area contributed by atoms with Crippen LogP contribution >= 0.6 is 0 Å².